The molecule has 0 bridgehead atoms. The quantitative estimate of drug-likeness (QED) is 0.416. The van der Waals surface area contributed by atoms with Crippen LogP contribution in [0.1, 0.15) is 0 Å². The standard InChI is InChI=1S/C26H19N3O2/c1-31-21-14-12-20(13-15-21)29-17-16-22-25(26(29)30)28-24(19-10-6-3-7-11-19)23(27-22)18-8-4-2-5-9-18/h2-17H,1H3. The lowest BCUT2D eigenvalue weighted by Crippen LogP contribution is -2.19. The van der Waals surface area contributed by atoms with E-state index in [9.17, 15) is 4.79 Å². The van der Waals surface area contributed by atoms with Crippen molar-refractivity contribution in [1.82, 2.24) is 14.5 Å². The summed E-state index contributed by atoms with van der Waals surface area (Å²) in [6.07, 6.45) is 1.73. The average molecular weight is 405 g/mol. The minimum absolute atomic E-state index is 0.216. The van der Waals surface area contributed by atoms with Crippen LogP contribution in [0.15, 0.2) is 102 Å². The number of nitrogens with zero attached hydrogens (tertiary/aromatic N) is 3. The van der Waals surface area contributed by atoms with E-state index in [4.69, 9.17) is 14.7 Å². The van der Waals surface area contributed by atoms with Crippen LogP contribution in [0.25, 0.3) is 39.2 Å². The van der Waals surface area contributed by atoms with Gasteiger partial charge in [-0.2, -0.15) is 0 Å². The van der Waals surface area contributed by atoms with Gasteiger partial charge in [-0.05, 0) is 30.3 Å². The molecule has 3 aromatic carbocycles. The SMILES string of the molecule is COc1ccc(-n2ccc3nc(-c4ccccc4)c(-c4ccccc4)nc3c2=O)cc1. The Bertz CT molecular complexity index is 1410. The lowest BCUT2D eigenvalue weighted by molar-refractivity contribution is 0.414. The summed E-state index contributed by atoms with van der Waals surface area (Å²) in [4.78, 5) is 23.0. The smallest absolute Gasteiger partial charge is 0.283 e. The normalized spacial score (nSPS) is 10.9. The van der Waals surface area contributed by atoms with Crippen molar-refractivity contribution in [2.45, 2.75) is 0 Å². The summed E-state index contributed by atoms with van der Waals surface area (Å²) in [5.41, 5.74) is 4.72. The zero-order valence-corrected chi connectivity index (χ0v) is 16.9. The van der Waals surface area contributed by atoms with Gasteiger partial charge in [0.25, 0.3) is 5.56 Å². The van der Waals surface area contributed by atoms with Gasteiger partial charge in [0, 0.05) is 23.0 Å². The predicted octanol–water partition coefficient (Wildman–Crippen LogP) is 5.12. The minimum Gasteiger partial charge on any atom is -0.497 e. The van der Waals surface area contributed by atoms with Gasteiger partial charge in [0.15, 0.2) is 5.52 Å². The Hall–Kier alpha value is -4.25. The largest absolute Gasteiger partial charge is 0.497 e. The number of hydrogen-bond donors (Lipinski definition) is 0. The number of ether oxygens (including phenoxy) is 1. The maximum Gasteiger partial charge on any atom is 0.283 e. The Morgan fingerprint density at radius 3 is 1.87 bits per heavy atom. The molecule has 5 aromatic rings. The van der Waals surface area contributed by atoms with Gasteiger partial charge in [0.2, 0.25) is 0 Å². The Kier molecular flexibility index (Phi) is 4.77. The first-order valence-electron chi connectivity index (χ1n) is 9.93. The third-order valence-corrected chi connectivity index (χ3v) is 5.17. The number of hydrogen-bond acceptors (Lipinski definition) is 4. The van der Waals surface area contributed by atoms with Crippen LogP contribution in [0, 0.1) is 0 Å². The highest BCUT2D eigenvalue weighted by atomic mass is 16.5. The van der Waals surface area contributed by atoms with E-state index in [1.165, 1.54) is 0 Å². The second kappa shape index (κ2) is 7.88. The summed E-state index contributed by atoms with van der Waals surface area (Å²) in [5, 5.41) is 0. The number of pyridine rings is 1. The van der Waals surface area contributed by atoms with Gasteiger partial charge in [-0.1, -0.05) is 60.7 Å². The molecule has 0 N–H and O–H groups in total. The van der Waals surface area contributed by atoms with E-state index in [0.717, 1.165) is 28.3 Å². The Labute approximate surface area is 179 Å². The molecule has 0 fully saturated rings. The van der Waals surface area contributed by atoms with Crippen molar-refractivity contribution >= 4 is 11.0 Å². The van der Waals surface area contributed by atoms with Gasteiger partial charge >= 0.3 is 0 Å². The van der Waals surface area contributed by atoms with E-state index >= 15 is 0 Å². The minimum atomic E-state index is -0.216. The first-order valence-corrected chi connectivity index (χ1v) is 9.93. The average Bonchev–Trinajstić information content (AvgIpc) is 2.85. The molecule has 0 atom stereocenters. The molecule has 5 heteroatoms. The number of rotatable bonds is 4. The molecule has 31 heavy (non-hydrogen) atoms. The van der Waals surface area contributed by atoms with Crippen molar-refractivity contribution in [3.8, 4) is 34.0 Å². The van der Waals surface area contributed by atoms with Crippen molar-refractivity contribution in [2.24, 2.45) is 0 Å². The second-order valence-electron chi connectivity index (χ2n) is 7.08. The van der Waals surface area contributed by atoms with E-state index in [1.807, 2.05) is 91.0 Å². The highest BCUT2D eigenvalue weighted by Gasteiger charge is 2.16. The lowest BCUT2D eigenvalue weighted by Gasteiger charge is -2.12. The molecule has 5 rings (SSSR count). The van der Waals surface area contributed by atoms with Crippen LogP contribution in [-0.2, 0) is 0 Å². The molecule has 5 nitrogen and oxygen atoms in total. The van der Waals surface area contributed by atoms with E-state index in [1.54, 1.807) is 17.9 Å². The molecule has 150 valence electrons. The first kappa shape index (κ1) is 18.8. The van der Waals surface area contributed by atoms with Crippen molar-refractivity contribution in [3.63, 3.8) is 0 Å². The molecule has 0 unspecified atom stereocenters. The van der Waals surface area contributed by atoms with Crippen LogP contribution in [0.2, 0.25) is 0 Å². The summed E-state index contributed by atoms with van der Waals surface area (Å²) < 4.78 is 6.79. The predicted molar refractivity (Wildman–Crippen MR) is 123 cm³/mol. The van der Waals surface area contributed by atoms with Crippen LogP contribution < -0.4 is 10.3 Å². The molecular weight excluding hydrogens is 386 g/mol. The molecule has 0 aliphatic heterocycles. The van der Waals surface area contributed by atoms with E-state index < -0.39 is 0 Å². The van der Waals surface area contributed by atoms with Gasteiger partial charge in [-0.25, -0.2) is 9.97 Å². The van der Waals surface area contributed by atoms with Crippen LogP contribution in [0.4, 0.5) is 0 Å². The molecule has 0 saturated heterocycles. The molecule has 2 aromatic heterocycles. The Morgan fingerprint density at radius 1 is 0.710 bits per heavy atom. The second-order valence-corrected chi connectivity index (χ2v) is 7.08. The zero-order chi connectivity index (χ0) is 21.2. The van der Waals surface area contributed by atoms with Crippen molar-refractivity contribution < 1.29 is 4.74 Å². The molecule has 0 amide bonds. The fourth-order valence-electron chi connectivity index (χ4n) is 3.59. The molecule has 2 heterocycles. The van der Waals surface area contributed by atoms with Crippen LogP contribution in [0.5, 0.6) is 5.75 Å². The highest BCUT2D eigenvalue weighted by molar-refractivity contribution is 5.85. The number of aromatic nitrogens is 3. The molecule has 0 aliphatic rings. The van der Waals surface area contributed by atoms with E-state index in [-0.39, 0.29) is 5.56 Å². The van der Waals surface area contributed by atoms with Crippen molar-refractivity contribution in [2.75, 3.05) is 7.11 Å². The molecule has 0 radical (unpaired) electrons. The van der Waals surface area contributed by atoms with E-state index in [2.05, 4.69) is 0 Å². The first-order chi connectivity index (χ1) is 15.2. The molecule has 0 saturated carbocycles. The van der Waals surface area contributed by atoms with E-state index in [0.29, 0.717) is 16.7 Å². The van der Waals surface area contributed by atoms with Crippen LogP contribution in [0.3, 0.4) is 0 Å². The fourth-order valence-corrected chi connectivity index (χ4v) is 3.59. The van der Waals surface area contributed by atoms with Gasteiger partial charge in [0.1, 0.15) is 5.75 Å². The summed E-state index contributed by atoms with van der Waals surface area (Å²) in [7, 11) is 1.61. The van der Waals surface area contributed by atoms with Crippen molar-refractivity contribution in [1.29, 1.82) is 0 Å². The van der Waals surface area contributed by atoms with Crippen LogP contribution in [-0.4, -0.2) is 21.6 Å². The monoisotopic (exact) mass is 405 g/mol. The zero-order valence-electron chi connectivity index (χ0n) is 16.9. The maximum atomic E-state index is 13.3. The summed E-state index contributed by atoms with van der Waals surface area (Å²) in [5.74, 6) is 0.733. The van der Waals surface area contributed by atoms with Gasteiger partial charge in [-0.15, -0.1) is 0 Å². The lowest BCUT2D eigenvalue weighted by atomic mass is 10.0. The summed E-state index contributed by atoms with van der Waals surface area (Å²) in [6.45, 7) is 0. The van der Waals surface area contributed by atoms with Gasteiger partial charge in [-0.3, -0.25) is 9.36 Å². The Morgan fingerprint density at radius 2 is 1.29 bits per heavy atom. The summed E-state index contributed by atoms with van der Waals surface area (Å²) >= 11 is 0. The van der Waals surface area contributed by atoms with Gasteiger partial charge in [0.05, 0.1) is 24.0 Å². The molecule has 0 spiro atoms. The Balaban J connectivity index is 1.75. The number of methoxy groups -OCH3 is 1. The number of benzene rings is 3. The molecule has 0 aliphatic carbocycles. The van der Waals surface area contributed by atoms with Crippen molar-refractivity contribution in [3.05, 3.63) is 108 Å². The molecular formula is C26H19N3O2. The maximum absolute atomic E-state index is 13.3. The van der Waals surface area contributed by atoms with Crippen LogP contribution >= 0.6 is 0 Å². The highest BCUT2D eigenvalue weighted by Crippen LogP contribution is 2.30. The van der Waals surface area contributed by atoms with Gasteiger partial charge < -0.3 is 4.74 Å². The topological polar surface area (TPSA) is 57.0 Å². The third kappa shape index (κ3) is 3.46. The third-order valence-electron chi connectivity index (χ3n) is 5.17. The summed E-state index contributed by atoms with van der Waals surface area (Å²) in [6, 6.07) is 28.9. The fraction of sp³-hybridized carbons (Fsp3) is 0.0385. The number of fused-ring (bicyclic) bond motifs is 1.